The summed E-state index contributed by atoms with van der Waals surface area (Å²) in [7, 11) is 0. The van der Waals surface area contributed by atoms with E-state index in [0.717, 1.165) is 18.9 Å². The van der Waals surface area contributed by atoms with Crippen molar-refractivity contribution in [3.63, 3.8) is 0 Å². The zero-order valence-corrected chi connectivity index (χ0v) is 10.6. The van der Waals surface area contributed by atoms with E-state index in [1.165, 1.54) is 19.4 Å². The van der Waals surface area contributed by atoms with Crippen molar-refractivity contribution >= 4 is 5.78 Å². The Kier molecular flexibility index (Phi) is 4.78. The fourth-order valence-electron chi connectivity index (χ4n) is 2.41. The average molecular weight is 211 g/mol. The number of rotatable bonds is 4. The Bertz CT molecular complexity index is 211. The van der Waals surface area contributed by atoms with Crippen molar-refractivity contribution in [2.75, 3.05) is 13.1 Å². The van der Waals surface area contributed by atoms with E-state index in [1.807, 2.05) is 0 Å². The fraction of sp³-hybridized carbons (Fsp3) is 0.923. The average Bonchev–Trinajstić information content (AvgIpc) is 2.25. The summed E-state index contributed by atoms with van der Waals surface area (Å²) in [6, 6.07) is 0.437. The summed E-state index contributed by atoms with van der Waals surface area (Å²) < 4.78 is 0. The molecule has 0 bridgehead atoms. The van der Waals surface area contributed by atoms with Crippen molar-refractivity contribution in [2.24, 2.45) is 11.8 Å². The van der Waals surface area contributed by atoms with Crippen molar-refractivity contribution in [3.8, 4) is 0 Å². The Balaban J connectivity index is 2.52. The Morgan fingerprint density at radius 1 is 1.33 bits per heavy atom. The minimum atomic E-state index is 0.230. The summed E-state index contributed by atoms with van der Waals surface area (Å²) in [5.74, 6) is 1.48. The summed E-state index contributed by atoms with van der Waals surface area (Å²) in [5, 5.41) is 0. The number of ketones is 1. The third kappa shape index (κ3) is 3.04. The zero-order valence-electron chi connectivity index (χ0n) is 10.6. The van der Waals surface area contributed by atoms with E-state index in [-0.39, 0.29) is 5.92 Å². The Morgan fingerprint density at radius 2 is 1.93 bits per heavy atom. The second-order valence-electron chi connectivity index (χ2n) is 4.92. The molecule has 0 aromatic rings. The lowest BCUT2D eigenvalue weighted by Gasteiger charge is -2.38. The van der Waals surface area contributed by atoms with Crippen molar-refractivity contribution in [1.82, 2.24) is 4.90 Å². The van der Waals surface area contributed by atoms with Crippen LogP contribution >= 0.6 is 0 Å². The zero-order chi connectivity index (χ0) is 11.4. The van der Waals surface area contributed by atoms with E-state index in [2.05, 4.69) is 32.6 Å². The van der Waals surface area contributed by atoms with Crippen LogP contribution in [-0.4, -0.2) is 29.8 Å². The smallest absolute Gasteiger partial charge is 0.138 e. The van der Waals surface area contributed by atoms with Crippen LogP contribution < -0.4 is 0 Å². The number of carbonyl (C=O) groups excluding carboxylic acids is 1. The summed E-state index contributed by atoms with van der Waals surface area (Å²) in [5.41, 5.74) is 0. The number of hydrogen-bond donors (Lipinski definition) is 0. The number of likely N-dealkylation sites (tertiary alicyclic amines) is 1. The molecule has 2 heteroatoms. The molecule has 0 radical (unpaired) electrons. The van der Waals surface area contributed by atoms with E-state index in [1.54, 1.807) is 0 Å². The summed E-state index contributed by atoms with van der Waals surface area (Å²) in [6.45, 7) is 10.9. The monoisotopic (exact) mass is 211 g/mol. The first kappa shape index (κ1) is 12.7. The molecular weight excluding hydrogens is 186 g/mol. The molecule has 0 N–H and O–H groups in total. The highest BCUT2D eigenvalue weighted by molar-refractivity contribution is 5.82. The van der Waals surface area contributed by atoms with Crippen LogP contribution in [0.2, 0.25) is 0 Å². The molecule has 0 saturated carbocycles. The maximum absolute atomic E-state index is 11.5. The van der Waals surface area contributed by atoms with E-state index in [9.17, 15) is 4.79 Å². The van der Waals surface area contributed by atoms with Crippen molar-refractivity contribution < 1.29 is 4.79 Å². The predicted octanol–water partition coefficient (Wildman–Crippen LogP) is 2.72. The molecule has 1 heterocycles. The van der Waals surface area contributed by atoms with Gasteiger partial charge in [0.25, 0.3) is 0 Å². The topological polar surface area (TPSA) is 20.3 Å². The van der Waals surface area contributed by atoms with E-state index in [0.29, 0.717) is 11.8 Å². The SMILES string of the molecule is CCC(CC)CN1CCC(=O)C(C)C1C. The quantitative estimate of drug-likeness (QED) is 0.712. The number of piperidine rings is 1. The number of carbonyl (C=O) groups is 1. The minimum Gasteiger partial charge on any atom is -0.299 e. The van der Waals surface area contributed by atoms with Gasteiger partial charge in [0.15, 0.2) is 0 Å². The van der Waals surface area contributed by atoms with Gasteiger partial charge in [0.2, 0.25) is 0 Å². The van der Waals surface area contributed by atoms with Crippen LogP contribution in [0.3, 0.4) is 0 Å². The molecule has 1 fully saturated rings. The molecule has 15 heavy (non-hydrogen) atoms. The van der Waals surface area contributed by atoms with Gasteiger partial charge in [-0.15, -0.1) is 0 Å². The van der Waals surface area contributed by atoms with Crippen molar-refractivity contribution in [1.29, 1.82) is 0 Å². The van der Waals surface area contributed by atoms with Crippen LogP contribution in [-0.2, 0) is 4.79 Å². The maximum atomic E-state index is 11.5. The van der Waals surface area contributed by atoms with Gasteiger partial charge in [0.1, 0.15) is 5.78 Å². The van der Waals surface area contributed by atoms with E-state index >= 15 is 0 Å². The minimum absolute atomic E-state index is 0.230. The highest BCUT2D eigenvalue weighted by Crippen LogP contribution is 2.22. The van der Waals surface area contributed by atoms with Gasteiger partial charge >= 0.3 is 0 Å². The van der Waals surface area contributed by atoms with Gasteiger partial charge < -0.3 is 0 Å². The Labute approximate surface area is 94.0 Å². The highest BCUT2D eigenvalue weighted by Gasteiger charge is 2.31. The van der Waals surface area contributed by atoms with E-state index in [4.69, 9.17) is 0 Å². The molecule has 0 aromatic heterocycles. The van der Waals surface area contributed by atoms with Gasteiger partial charge in [-0.05, 0) is 12.8 Å². The van der Waals surface area contributed by atoms with Crippen molar-refractivity contribution in [2.45, 2.75) is 53.0 Å². The van der Waals surface area contributed by atoms with Gasteiger partial charge in [-0.3, -0.25) is 9.69 Å². The molecule has 2 nitrogen and oxygen atoms in total. The fourth-order valence-corrected chi connectivity index (χ4v) is 2.41. The molecule has 1 aliphatic rings. The molecule has 88 valence electrons. The third-order valence-electron chi connectivity index (χ3n) is 4.10. The van der Waals surface area contributed by atoms with Crippen LogP contribution in [0.15, 0.2) is 0 Å². The van der Waals surface area contributed by atoms with Crippen LogP contribution in [0.1, 0.15) is 47.0 Å². The van der Waals surface area contributed by atoms with Crippen molar-refractivity contribution in [3.05, 3.63) is 0 Å². The lowest BCUT2D eigenvalue weighted by atomic mass is 9.89. The lowest BCUT2D eigenvalue weighted by Crippen LogP contribution is -2.48. The Hall–Kier alpha value is -0.370. The van der Waals surface area contributed by atoms with Crippen LogP contribution in [0.25, 0.3) is 0 Å². The molecule has 1 rings (SSSR count). The second kappa shape index (κ2) is 5.64. The van der Waals surface area contributed by atoms with Crippen LogP contribution in [0.5, 0.6) is 0 Å². The molecule has 0 amide bonds. The molecule has 0 spiro atoms. The lowest BCUT2D eigenvalue weighted by molar-refractivity contribution is -0.128. The largest absolute Gasteiger partial charge is 0.299 e. The maximum Gasteiger partial charge on any atom is 0.138 e. The number of Topliss-reactive ketones (excluding diaryl/α,β-unsaturated/α-hetero) is 1. The van der Waals surface area contributed by atoms with Gasteiger partial charge in [-0.1, -0.05) is 33.6 Å². The second-order valence-corrected chi connectivity index (χ2v) is 4.92. The molecule has 1 aliphatic heterocycles. The molecular formula is C13H25NO. The first-order valence-corrected chi connectivity index (χ1v) is 6.36. The van der Waals surface area contributed by atoms with Gasteiger partial charge in [0, 0.05) is 31.5 Å². The van der Waals surface area contributed by atoms with Crippen LogP contribution in [0.4, 0.5) is 0 Å². The highest BCUT2D eigenvalue weighted by atomic mass is 16.1. The molecule has 0 aliphatic carbocycles. The summed E-state index contributed by atoms with van der Waals surface area (Å²) in [4.78, 5) is 14.1. The third-order valence-corrected chi connectivity index (χ3v) is 4.10. The number of nitrogens with zero attached hydrogens (tertiary/aromatic N) is 1. The van der Waals surface area contributed by atoms with Crippen LogP contribution in [0, 0.1) is 11.8 Å². The summed E-state index contributed by atoms with van der Waals surface area (Å²) >= 11 is 0. The number of hydrogen-bond acceptors (Lipinski definition) is 2. The normalized spacial score (nSPS) is 28.7. The molecule has 2 atom stereocenters. The van der Waals surface area contributed by atoms with Gasteiger partial charge in [0.05, 0.1) is 0 Å². The first-order valence-electron chi connectivity index (χ1n) is 6.36. The van der Waals surface area contributed by atoms with Gasteiger partial charge in [-0.25, -0.2) is 0 Å². The predicted molar refractivity (Wildman–Crippen MR) is 63.9 cm³/mol. The molecule has 1 saturated heterocycles. The molecule has 2 unspecified atom stereocenters. The standard InChI is InChI=1S/C13H25NO/c1-5-12(6-2)9-14-8-7-13(15)10(3)11(14)4/h10-12H,5-9H2,1-4H3. The van der Waals surface area contributed by atoms with Gasteiger partial charge in [-0.2, -0.15) is 0 Å². The molecule has 0 aromatic carbocycles. The Morgan fingerprint density at radius 3 is 2.47 bits per heavy atom. The van der Waals surface area contributed by atoms with E-state index < -0.39 is 0 Å². The summed E-state index contributed by atoms with van der Waals surface area (Å²) in [6.07, 6.45) is 3.26. The first-order chi connectivity index (χ1) is 7.10.